The van der Waals surface area contributed by atoms with Crippen molar-refractivity contribution in [2.24, 2.45) is 4.99 Å². The third-order valence-corrected chi connectivity index (χ3v) is 7.65. The molecule has 210 valence electrons. The van der Waals surface area contributed by atoms with E-state index in [0.717, 1.165) is 44.6 Å². The molecule has 0 radical (unpaired) electrons. The van der Waals surface area contributed by atoms with Crippen molar-refractivity contribution in [3.05, 3.63) is 107 Å². The normalized spacial score (nSPS) is 12.5. The molecule has 0 aliphatic carbocycles. The first kappa shape index (κ1) is 27.2. The lowest BCUT2D eigenvalue weighted by Crippen LogP contribution is -2.18. The van der Waals surface area contributed by atoms with E-state index in [4.69, 9.17) is 4.74 Å². The Morgan fingerprint density at radius 3 is 2.45 bits per heavy atom. The summed E-state index contributed by atoms with van der Waals surface area (Å²) in [7, 11) is 1.58. The van der Waals surface area contributed by atoms with Gasteiger partial charge < -0.3 is 15.4 Å². The van der Waals surface area contributed by atoms with Gasteiger partial charge in [0, 0.05) is 49.1 Å². The van der Waals surface area contributed by atoms with Gasteiger partial charge in [0.1, 0.15) is 17.1 Å². The van der Waals surface area contributed by atoms with Gasteiger partial charge in [-0.15, -0.1) is 0 Å². The number of ether oxygens (including phenoxy) is 1. The molecule has 2 N–H and O–H groups in total. The maximum atomic E-state index is 15.5. The maximum Gasteiger partial charge on any atom is 0.158 e. The van der Waals surface area contributed by atoms with E-state index in [1.54, 1.807) is 38.0 Å². The third kappa shape index (κ3) is 5.36. The van der Waals surface area contributed by atoms with Gasteiger partial charge in [-0.25, -0.2) is 14.4 Å². The minimum atomic E-state index is -0.300. The van der Waals surface area contributed by atoms with Gasteiger partial charge in [-0.3, -0.25) is 9.98 Å². The molecule has 3 aromatic carbocycles. The van der Waals surface area contributed by atoms with E-state index in [9.17, 15) is 0 Å². The van der Waals surface area contributed by atoms with Gasteiger partial charge in [0.25, 0.3) is 0 Å². The average molecular weight is 559 g/mol. The Bertz CT molecular complexity index is 1840. The van der Waals surface area contributed by atoms with Crippen LogP contribution in [0.3, 0.4) is 0 Å². The van der Waals surface area contributed by atoms with E-state index in [-0.39, 0.29) is 5.82 Å². The summed E-state index contributed by atoms with van der Waals surface area (Å²) < 4.78 is 21.1. The summed E-state index contributed by atoms with van der Waals surface area (Å²) in [4.78, 5) is 17.6. The second-order valence-electron chi connectivity index (χ2n) is 10.2. The lowest BCUT2D eigenvalue weighted by molar-refractivity contribution is 0.402. The lowest BCUT2D eigenvalue weighted by Gasteiger charge is -2.18. The van der Waals surface area contributed by atoms with Crippen LogP contribution in [0.2, 0.25) is 0 Å². The Morgan fingerprint density at radius 2 is 1.64 bits per heavy atom. The number of aromatic nitrogens is 3. The number of halogens is 1. The van der Waals surface area contributed by atoms with Crippen molar-refractivity contribution in [3.8, 4) is 28.0 Å². The Balaban J connectivity index is 1.31. The molecule has 0 bridgehead atoms. The molecule has 0 amide bonds. The van der Waals surface area contributed by atoms with E-state index in [2.05, 4.69) is 56.6 Å². The summed E-state index contributed by atoms with van der Waals surface area (Å²) in [6.07, 6.45) is 8.85. The van der Waals surface area contributed by atoms with Crippen LogP contribution in [0, 0.1) is 19.7 Å². The molecular weight excluding hydrogens is 527 g/mol. The molecule has 42 heavy (non-hydrogen) atoms. The third-order valence-electron chi connectivity index (χ3n) is 7.65. The molecule has 1 aliphatic rings. The van der Waals surface area contributed by atoms with Crippen molar-refractivity contribution in [2.75, 3.05) is 25.5 Å². The van der Waals surface area contributed by atoms with Crippen molar-refractivity contribution in [2.45, 2.75) is 20.4 Å². The number of methoxy groups -OCH3 is 1. The molecule has 5 aromatic rings. The summed E-state index contributed by atoms with van der Waals surface area (Å²) in [5.41, 5.74) is 10.1. The van der Waals surface area contributed by atoms with Gasteiger partial charge in [-0.05, 0) is 83.1 Å². The number of pyridine rings is 1. The number of hydrogen-bond donors (Lipinski definition) is 2. The van der Waals surface area contributed by atoms with Crippen molar-refractivity contribution < 1.29 is 9.13 Å². The number of aliphatic imine (C=N–C) groups is 1. The van der Waals surface area contributed by atoms with Crippen LogP contribution in [0.5, 0.6) is 5.75 Å². The smallest absolute Gasteiger partial charge is 0.158 e. The van der Waals surface area contributed by atoms with E-state index >= 15 is 4.39 Å². The Hall–Kier alpha value is -4.95. The summed E-state index contributed by atoms with van der Waals surface area (Å²) in [6, 6.07) is 17.6. The van der Waals surface area contributed by atoms with Crippen LogP contribution in [-0.4, -0.2) is 41.4 Å². The summed E-state index contributed by atoms with van der Waals surface area (Å²) in [5.74, 6) is 0.871. The SMILES string of the molecule is COc1cc(-c2cccc(-c3cccc(Nc4nccc5nccnc45)c3C)c2C)cc(F)c1CNCC1=CC=NC1. The predicted octanol–water partition coefficient (Wildman–Crippen LogP) is 6.97. The number of fused-ring (bicyclic) bond motifs is 1. The van der Waals surface area contributed by atoms with Crippen LogP contribution >= 0.6 is 0 Å². The minimum absolute atomic E-state index is 0.300. The molecule has 1 aliphatic heterocycles. The Kier molecular flexibility index (Phi) is 7.70. The highest BCUT2D eigenvalue weighted by Gasteiger charge is 2.17. The zero-order chi connectivity index (χ0) is 29.1. The molecule has 0 unspecified atom stereocenters. The van der Waals surface area contributed by atoms with Crippen LogP contribution in [0.15, 0.2) is 89.8 Å². The number of anilines is 2. The standard InChI is InChI=1S/C34H31FN6O/c1-21-25(24-16-29(35)28(32(17-24)42-3)20-37-19-23-10-12-36-18-23)6-4-7-26(21)27-8-5-9-30(22(27)2)41-34-33-31(11-13-40-34)38-14-15-39-33/h4-17,37H,18-20H2,1-3H3,(H,40,41). The largest absolute Gasteiger partial charge is 0.496 e. The molecule has 0 saturated heterocycles. The van der Waals surface area contributed by atoms with Crippen LogP contribution in [0.4, 0.5) is 15.9 Å². The fraction of sp³-hybridized carbons (Fsp3) is 0.176. The molecule has 7 nitrogen and oxygen atoms in total. The van der Waals surface area contributed by atoms with E-state index in [0.29, 0.717) is 42.3 Å². The topological polar surface area (TPSA) is 84.3 Å². The number of benzene rings is 3. The molecule has 0 saturated carbocycles. The number of nitrogens with one attached hydrogen (secondary N) is 2. The van der Waals surface area contributed by atoms with E-state index < -0.39 is 0 Å². The minimum Gasteiger partial charge on any atom is -0.496 e. The first-order valence-electron chi connectivity index (χ1n) is 13.8. The van der Waals surface area contributed by atoms with Crippen LogP contribution in [0.25, 0.3) is 33.3 Å². The average Bonchev–Trinajstić information content (AvgIpc) is 3.53. The van der Waals surface area contributed by atoms with Crippen molar-refractivity contribution in [1.29, 1.82) is 0 Å². The molecule has 2 aromatic heterocycles. The molecule has 3 heterocycles. The van der Waals surface area contributed by atoms with Crippen molar-refractivity contribution in [3.63, 3.8) is 0 Å². The molecule has 8 heteroatoms. The second-order valence-corrected chi connectivity index (χ2v) is 10.2. The van der Waals surface area contributed by atoms with Gasteiger partial charge in [-0.2, -0.15) is 0 Å². The fourth-order valence-electron chi connectivity index (χ4n) is 5.38. The number of allylic oxidation sites excluding steroid dienone is 1. The number of hydrogen-bond acceptors (Lipinski definition) is 7. The Morgan fingerprint density at radius 1 is 0.857 bits per heavy atom. The van der Waals surface area contributed by atoms with Gasteiger partial charge in [-0.1, -0.05) is 30.3 Å². The first-order chi connectivity index (χ1) is 20.5. The molecule has 6 rings (SSSR count). The van der Waals surface area contributed by atoms with E-state index in [1.807, 2.05) is 42.5 Å². The molecular formula is C34H31FN6O. The predicted molar refractivity (Wildman–Crippen MR) is 167 cm³/mol. The molecule has 0 fully saturated rings. The highest BCUT2D eigenvalue weighted by Crippen LogP contribution is 2.38. The monoisotopic (exact) mass is 558 g/mol. The maximum absolute atomic E-state index is 15.5. The van der Waals surface area contributed by atoms with Gasteiger partial charge >= 0.3 is 0 Å². The zero-order valence-electron chi connectivity index (χ0n) is 23.8. The highest BCUT2D eigenvalue weighted by atomic mass is 19.1. The zero-order valence-corrected chi connectivity index (χ0v) is 23.8. The molecule has 0 atom stereocenters. The van der Waals surface area contributed by atoms with Crippen molar-refractivity contribution >= 4 is 28.8 Å². The van der Waals surface area contributed by atoms with Gasteiger partial charge in [0.05, 0.1) is 19.2 Å². The molecule has 0 spiro atoms. The fourth-order valence-corrected chi connectivity index (χ4v) is 5.38. The quantitative estimate of drug-likeness (QED) is 0.203. The van der Waals surface area contributed by atoms with E-state index in [1.165, 1.54) is 5.57 Å². The summed E-state index contributed by atoms with van der Waals surface area (Å²) in [5, 5.41) is 6.77. The lowest BCUT2D eigenvalue weighted by atomic mass is 9.90. The van der Waals surface area contributed by atoms with Gasteiger partial charge in [0.15, 0.2) is 5.82 Å². The van der Waals surface area contributed by atoms with Crippen LogP contribution in [0.1, 0.15) is 16.7 Å². The first-order valence-corrected chi connectivity index (χ1v) is 13.8. The van der Waals surface area contributed by atoms with Crippen molar-refractivity contribution in [1.82, 2.24) is 20.3 Å². The number of rotatable bonds is 9. The number of nitrogens with zero attached hydrogens (tertiary/aromatic N) is 4. The second kappa shape index (κ2) is 11.9. The highest BCUT2D eigenvalue weighted by molar-refractivity contribution is 5.89. The van der Waals surface area contributed by atoms with Crippen LogP contribution < -0.4 is 15.4 Å². The van der Waals surface area contributed by atoms with Crippen LogP contribution in [-0.2, 0) is 6.54 Å². The summed E-state index contributed by atoms with van der Waals surface area (Å²) in [6.45, 7) is 5.86. The summed E-state index contributed by atoms with van der Waals surface area (Å²) >= 11 is 0. The Labute approximate surface area is 244 Å². The van der Waals surface area contributed by atoms with Gasteiger partial charge in [0.2, 0.25) is 0 Å².